The summed E-state index contributed by atoms with van der Waals surface area (Å²) in [5.41, 5.74) is 4.06. The number of anilines is 2. The first-order valence-corrected chi connectivity index (χ1v) is 11.2. The van der Waals surface area contributed by atoms with Gasteiger partial charge in [-0.2, -0.15) is 5.26 Å². The lowest BCUT2D eigenvalue weighted by Gasteiger charge is -2.37. The molecule has 1 unspecified atom stereocenters. The Balaban J connectivity index is 1.49. The second kappa shape index (κ2) is 9.36. The van der Waals surface area contributed by atoms with Crippen LogP contribution in [0.1, 0.15) is 17.2 Å². The number of benzene rings is 3. The van der Waals surface area contributed by atoms with E-state index in [1.807, 2.05) is 60.7 Å². The SMILES string of the molecule is COc1ccc(C(C#N)c2nc3ccccc3nc2N2CCN(c3ccc(F)cc3)CC2)cc1. The van der Waals surface area contributed by atoms with Crippen molar-refractivity contribution >= 4 is 22.5 Å². The van der Waals surface area contributed by atoms with E-state index >= 15 is 0 Å². The minimum atomic E-state index is -0.562. The molecule has 170 valence electrons. The van der Waals surface area contributed by atoms with Crippen LogP contribution in [0.25, 0.3) is 11.0 Å². The summed E-state index contributed by atoms with van der Waals surface area (Å²) in [6, 6.07) is 24.3. The Kier molecular flexibility index (Phi) is 5.96. The van der Waals surface area contributed by atoms with E-state index in [-0.39, 0.29) is 5.82 Å². The van der Waals surface area contributed by atoms with Crippen molar-refractivity contribution in [3.8, 4) is 11.8 Å². The summed E-state index contributed by atoms with van der Waals surface area (Å²) in [6.07, 6.45) is 0. The standard InChI is InChI=1S/C27H24FN5O/c1-34-22-12-6-19(7-13-22)23(18-29)26-27(31-25-5-3-2-4-24(25)30-26)33-16-14-32(15-17-33)21-10-8-20(28)9-11-21/h2-13,23H,14-17H2,1H3. The van der Waals surface area contributed by atoms with Crippen molar-refractivity contribution in [2.24, 2.45) is 0 Å². The monoisotopic (exact) mass is 453 g/mol. The largest absolute Gasteiger partial charge is 0.497 e. The molecule has 1 fully saturated rings. The number of fused-ring (bicyclic) bond motifs is 1. The molecule has 7 heteroatoms. The Morgan fingerprint density at radius 3 is 2.09 bits per heavy atom. The lowest BCUT2D eigenvalue weighted by molar-refractivity contribution is 0.414. The Bertz CT molecular complexity index is 1330. The molecule has 1 aliphatic rings. The predicted octanol–water partition coefficient (Wildman–Crippen LogP) is 4.76. The first kappa shape index (κ1) is 21.7. The lowest BCUT2D eigenvalue weighted by Crippen LogP contribution is -2.47. The average molecular weight is 454 g/mol. The lowest BCUT2D eigenvalue weighted by atomic mass is 9.96. The van der Waals surface area contributed by atoms with Gasteiger partial charge in [-0.05, 0) is 54.1 Å². The average Bonchev–Trinajstić information content (AvgIpc) is 2.90. The van der Waals surface area contributed by atoms with Crippen LogP contribution in [0.15, 0.2) is 72.8 Å². The molecule has 0 amide bonds. The fourth-order valence-electron chi connectivity index (χ4n) is 4.35. The molecule has 0 saturated carbocycles. The van der Waals surface area contributed by atoms with Crippen molar-refractivity contribution in [1.82, 2.24) is 9.97 Å². The maximum absolute atomic E-state index is 13.3. The highest BCUT2D eigenvalue weighted by Gasteiger charge is 2.27. The number of hydrogen-bond donors (Lipinski definition) is 0. The Labute approximate surface area is 197 Å². The van der Waals surface area contributed by atoms with Crippen molar-refractivity contribution in [3.63, 3.8) is 0 Å². The van der Waals surface area contributed by atoms with Gasteiger partial charge in [0.1, 0.15) is 23.2 Å². The van der Waals surface area contributed by atoms with E-state index in [2.05, 4.69) is 15.9 Å². The fourth-order valence-corrected chi connectivity index (χ4v) is 4.35. The van der Waals surface area contributed by atoms with Gasteiger partial charge in [-0.15, -0.1) is 0 Å². The molecule has 2 heterocycles. The number of nitrogens with zero attached hydrogens (tertiary/aromatic N) is 5. The summed E-state index contributed by atoms with van der Waals surface area (Å²) < 4.78 is 18.6. The summed E-state index contributed by atoms with van der Waals surface area (Å²) in [5, 5.41) is 10.2. The molecule has 0 bridgehead atoms. The quantitative estimate of drug-likeness (QED) is 0.434. The van der Waals surface area contributed by atoms with Crippen molar-refractivity contribution in [3.05, 3.63) is 89.9 Å². The summed E-state index contributed by atoms with van der Waals surface area (Å²) in [7, 11) is 1.62. The molecule has 1 aliphatic heterocycles. The van der Waals surface area contributed by atoms with Gasteiger partial charge in [0.05, 0.1) is 24.2 Å². The number of hydrogen-bond acceptors (Lipinski definition) is 6. The minimum absolute atomic E-state index is 0.237. The van der Waals surface area contributed by atoms with Gasteiger partial charge >= 0.3 is 0 Å². The van der Waals surface area contributed by atoms with E-state index in [0.717, 1.165) is 60.0 Å². The summed E-state index contributed by atoms with van der Waals surface area (Å²) in [4.78, 5) is 14.3. The smallest absolute Gasteiger partial charge is 0.152 e. The van der Waals surface area contributed by atoms with Crippen LogP contribution in [0, 0.1) is 17.1 Å². The molecular formula is C27H24FN5O. The number of ether oxygens (including phenoxy) is 1. The normalized spacial score (nSPS) is 14.6. The van der Waals surface area contributed by atoms with Gasteiger partial charge in [0.25, 0.3) is 0 Å². The molecule has 1 saturated heterocycles. The third-order valence-corrected chi connectivity index (χ3v) is 6.20. The predicted molar refractivity (Wildman–Crippen MR) is 131 cm³/mol. The maximum atomic E-state index is 13.3. The van der Waals surface area contributed by atoms with Crippen LogP contribution in [0.5, 0.6) is 5.75 Å². The van der Waals surface area contributed by atoms with Crippen LogP contribution < -0.4 is 14.5 Å². The first-order valence-electron chi connectivity index (χ1n) is 11.2. The molecule has 34 heavy (non-hydrogen) atoms. The van der Waals surface area contributed by atoms with Gasteiger partial charge in [-0.3, -0.25) is 0 Å². The van der Waals surface area contributed by atoms with E-state index in [0.29, 0.717) is 5.69 Å². The number of aromatic nitrogens is 2. The van der Waals surface area contributed by atoms with Gasteiger partial charge in [-0.1, -0.05) is 24.3 Å². The van der Waals surface area contributed by atoms with Crippen LogP contribution in [-0.2, 0) is 0 Å². The zero-order valence-electron chi connectivity index (χ0n) is 18.9. The van der Waals surface area contributed by atoms with Crippen LogP contribution in [0.2, 0.25) is 0 Å². The van der Waals surface area contributed by atoms with Gasteiger partial charge in [0, 0.05) is 31.9 Å². The van der Waals surface area contributed by atoms with Crippen LogP contribution >= 0.6 is 0 Å². The van der Waals surface area contributed by atoms with E-state index in [1.54, 1.807) is 7.11 Å². The molecule has 1 atom stereocenters. The van der Waals surface area contributed by atoms with E-state index in [1.165, 1.54) is 12.1 Å². The number of methoxy groups -OCH3 is 1. The molecule has 6 nitrogen and oxygen atoms in total. The third-order valence-electron chi connectivity index (χ3n) is 6.20. The Morgan fingerprint density at radius 1 is 0.853 bits per heavy atom. The number of rotatable bonds is 5. The summed E-state index contributed by atoms with van der Waals surface area (Å²) in [5.74, 6) is 0.676. The van der Waals surface area contributed by atoms with Gasteiger partial charge in [0.2, 0.25) is 0 Å². The fraction of sp³-hybridized carbons (Fsp3) is 0.222. The van der Waals surface area contributed by atoms with E-state index in [9.17, 15) is 9.65 Å². The zero-order chi connectivity index (χ0) is 23.5. The number of nitriles is 1. The number of piperazine rings is 1. The molecule has 1 aromatic heterocycles. The van der Waals surface area contributed by atoms with Gasteiger partial charge < -0.3 is 14.5 Å². The molecule has 4 aromatic rings. The molecular weight excluding hydrogens is 429 g/mol. The van der Waals surface area contributed by atoms with E-state index < -0.39 is 5.92 Å². The van der Waals surface area contributed by atoms with E-state index in [4.69, 9.17) is 14.7 Å². The van der Waals surface area contributed by atoms with Crippen LogP contribution in [0.4, 0.5) is 15.9 Å². The highest BCUT2D eigenvalue weighted by atomic mass is 19.1. The van der Waals surface area contributed by atoms with Crippen molar-refractivity contribution < 1.29 is 9.13 Å². The van der Waals surface area contributed by atoms with Crippen LogP contribution in [-0.4, -0.2) is 43.3 Å². The molecule has 3 aromatic carbocycles. The molecule has 5 rings (SSSR count). The number of halogens is 1. The summed E-state index contributed by atoms with van der Waals surface area (Å²) >= 11 is 0. The van der Waals surface area contributed by atoms with Crippen molar-refractivity contribution in [1.29, 1.82) is 5.26 Å². The molecule has 0 aliphatic carbocycles. The minimum Gasteiger partial charge on any atom is -0.497 e. The number of para-hydroxylation sites is 2. The van der Waals surface area contributed by atoms with Crippen molar-refractivity contribution in [2.45, 2.75) is 5.92 Å². The van der Waals surface area contributed by atoms with Gasteiger partial charge in [-0.25, -0.2) is 14.4 Å². The molecule has 0 N–H and O–H groups in total. The highest BCUT2D eigenvalue weighted by Crippen LogP contribution is 2.33. The molecule has 0 spiro atoms. The topological polar surface area (TPSA) is 65.3 Å². The van der Waals surface area contributed by atoms with Gasteiger partial charge in [0.15, 0.2) is 5.82 Å². The maximum Gasteiger partial charge on any atom is 0.152 e. The van der Waals surface area contributed by atoms with Crippen molar-refractivity contribution in [2.75, 3.05) is 43.1 Å². The molecule has 0 radical (unpaired) electrons. The highest BCUT2D eigenvalue weighted by molar-refractivity contribution is 5.77. The Hall–Kier alpha value is -4.18. The first-order chi connectivity index (χ1) is 16.7. The second-order valence-electron chi connectivity index (χ2n) is 8.21. The third kappa shape index (κ3) is 4.23. The van der Waals surface area contributed by atoms with Crippen LogP contribution in [0.3, 0.4) is 0 Å². The Morgan fingerprint density at radius 2 is 1.47 bits per heavy atom. The second-order valence-corrected chi connectivity index (χ2v) is 8.21. The summed E-state index contributed by atoms with van der Waals surface area (Å²) in [6.45, 7) is 2.97. The zero-order valence-corrected chi connectivity index (χ0v) is 18.9.